The zero-order valence-corrected chi connectivity index (χ0v) is 17.6. The van der Waals surface area contributed by atoms with Gasteiger partial charge in [0, 0.05) is 13.1 Å². The van der Waals surface area contributed by atoms with E-state index in [4.69, 9.17) is 9.47 Å². The molecule has 1 N–H and O–H groups in total. The van der Waals surface area contributed by atoms with Crippen molar-refractivity contribution in [2.75, 3.05) is 12.9 Å². The van der Waals surface area contributed by atoms with Crippen LogP contribution in [0.5, 0.6) is 11.5 Å². The normalized spacial score (nSPS) is 10.4. The van der Waals surface area contributed by atoms with Crippen LogP contribution in [0.25, 0.3) is 0 Å². The highest BCUT2D eigenvalue weighted by Crippen LogP contribution is 2.27. The van der Waals surface area contributed by atoms with Crippen LogP contribution in [0.2, 0.25) is 0 Å². The molecule has 7 nitrogen and oxygen atoms in total. The second-order valence-electron chi connectivity index (χ2n) is 6.29. The fourth-order valence-corrected chi connectivity index (χ4v) is 3.50. The summed E-state index contributed by atoms with van der Waals surface area (Å²) in [6.07, 6.45) is 1.76. The molecule has 2 aromatic carbocycles. The molecule has 0 bridgehead atoms. The van der Waals surface area contributed by atoms with Gasteiger partial charge in [-0.2, -0.15) is 0 Å². The lowest BCUT2D eigenvalue weighted by atomic mass is 10.2. The van der Waals surface area contributed by atoms with E-state index in [0.717, 1.165) is 5.56 Å². The van der Waals surface area contributed by atoms with Crippen LogP contribution in [0, 0.1) is 0 Å². The Hall–Kier alpha value is -3.26. The van der Waals surface area contributed by atoms with Crippen LogP contribution < -0.4 is 14.8 Å². The number of nitrogens with one attached hydrogen (secondary N) is 1. The first-order chi connectivity index (χ1) is 14.7. The molecule has 0 spiro atoms. The summed E-state index contributed by atoms with van der Waals surface area (Å²) in [5, 5.41) is 12.0. The monoisotopic (exact) mass is 424 g/mol. The minimum absolute atomic E-state index is 0.0659. The first kappa shape index (κ1) is 21.4. The number of benzene rings is 2. The van der Waals surface area contributed by atoms with E-state index in [-0.39, 0.29) is 18.3 Å². The number of para-hydroxylation sites is 2. The number of hydrogen-bond acceptors (Lipinski definition) is 6. The molecule has 30 heavy (non-hydrogen) atoms. The molecule has 0 aliphatic heterocycles. The van der Waals surface area contributed by atoms with Crippen molar-refractivity contribution >= 4 is 17.7 Å². The van der Waals surface area contributed by atoms with Crippen LogP contribution in [-0.4, -0.2) is 33.5 Å². The maximum Gasteiger partial charge on any atom is 0.230 e. The topological polar surface area (TPSA) is 78.3 Å². The molecule has 1 aromatic heterocycles. The van der Waals surface area contributed by atoms with E-state index in [0.29, 0.717) is 35.6 Å². The first-order valence-electron chi connectivity index (χ1n) is 9.43. The van der Waals surface area contributed by atoms with Crippen molar-refractivity contribution in [1.82, 2.24) is 20.1 Å². The molecule has 0 aliphatic carbocycles. The van der Waals surface area contributed by atoms with Gasteiger partial charge in [-0.3, -0.25) is 9.36 Å². The Balaban J connectivity index is 1.58. The maximum atomic E-state index is 12.2. The SMILES string of the molecule is C=CCn1c(COc2ccccc2OC)nnc1SCC(=O)NCc1ccccc1. The minimum Gasteiger partial charge on any atom is -0.493 e. The first-order valence-corrected chi connectivity index (χ1v) is 10.4. The van der Waals surface area contributed by atoms with Crippen LogP contribution in [0.4, 0.5) is 0 Å². The largest absolute Gasteiger partial charge is 0.493 e. The third-order valence-electron chi connectivity index (χ3n) is 4.20. The summed E-state index contributed by atoms with van der Waals surface area (Å²) in [6.45, 7) is 5.04. The Labute approximate surface area is 180 Å². The van der Waals surface area contributed by atoms with Gasteiger partial charge in [0.2, 0.25) is 5.91 Å². The quantitative estimate of drug-likeness (QED) is 0.375. The van der Waals surface area contributed by atoms with Crippen LogP contribution >= 0.6 is 11.8 Å². The number of thioether (sulfide) groups is 1. The van der Waals surface area contributed by atoms with Crippen molar-refractivity contribution < 1.29 is 14.3 Å². The molecule has 3 rings (SSSR count). The summed E-state index contributed by atoms with van der Waals surface area (Å²) in [5.74, 6) is 2.10. The van der Waals surface area contributed by atoms with Gasteiger partial charge in [-0.25, -0.2) is 0 Å². The number of rotatable bonds is 11. The van der Waals surface area contributed by atoms with E-state index in [1.54, 1.807) is 13.2 Å². The highest BCUT2D eigenvalue weighted by Gasteiger charge is 2.15. The fraction of sp³-hybridized carbons (Fsp3) is 0.227. The summed E-state index contributed by atoms with van der Waals surface area (Å²) in [6, 6.07) is 17.2. The number of hydrogen-bond donors (Lipinski definition) is 1. The molecule has 0 fully saturated rings. The van der Waals surface area contributed by atoms with Crippen molar-refractivity contribution in [3.05, 3.63) is 78.6 Å². The molecule has 1 amide bonds. The molecular weight excluding hydrogens is 400 g/mol. The summed E-state index contributed by atoms with van der Waals surface area (Å²) in [5.41, 5.74) is 1.06. The number of carbonyl (C=O) groups excluding carboxylic acids is 1. The average Bonchev–Trinajstić information content (AvgIpc) is 3.17. The van der Waals surface area contributed by atoms with Gasteiger partial charge < -0.3 is 14.8 Å². The maximum absolute atomic E-state index is 12.2. The zero-order valence-electron chi connectivity index (χ0n) is 16.8. The number of ether oxygens (including phenoxy) is 2. The molecule has 156 valence electrons. The van der Waals surface area contributed by atoms with Crippen LogP contribution in [0.3, 0.4) is 0 Å². The fourth-order valence-electron chi connectivity index (χ4n) is 2.70. The third kappa shape index (κ3) is 5.87. The molecule has 0 saturated heterocycles. The van der Waals surface area contributed by atoms with Gasteiger partial charge in [-0.05, 0) is 17.7 Å². The minimum atomic E-state index is -0.0659. The van der Waals surface area contributed by atoms with Crippen molar-refractivity contribution in [3.63, 3.8) is 0 Å². The standard InChI is InChI=1S/C22H24N4O3S/c1-3-13-26-20(15-29-19-12-8-7-11-18(19)28-2)24-25-22(26)30-16-21(27)23-14-17-9-5-4-6-10-17/h3-12H,1,13-16H2,2H3,(H,23,27). The molecule has 1 heterocycles. The van der Waals surface area contributed by atoms with Crippen molar-refractivity contribution in [3.8, 4) is 11.5 Å². The van der Waals surface area contributed by atoms with E-state index in [9.17, 15) is 4.79 Å². The van der Waals surface area contributed by atoms with Gasteiger partial charge in [0.15, 0.2) is 22.5 Å². The van der Waals surface area contributed by atoms with Crippen LogP contribution in [0.1, 0.15) is 11.4 Å². The molecule has 3 aromatic rings. The van der Waals surface area contributed by atoms with Gasteiger partial charge in [-0.15, -0.1) is 16.8 Å². The number of allylic oxidation sites excluding steroid dienone is 1. The Morgan fingerprint density at radius 2 is 1.87 bits per heavy atom. The van der Waals surface area contributed by atoms with E-state index >= 15 is 0 Å². The summed E-state index contributed by atoms with van der Waals surface area (Å²) >= 11 is 1.33. The number of methoxy groups -OCH3 is 1. The Kier molecular flexibility index (Phi) is 7.91. The van der Waals surface area contributed by atoms with E-state index in [1.165, 1.54) is 11.8 Å². The molecule has 0 unspecified atom stereocenters. The Bertz CT molecular complexity index is 976. The van der Waals surface area contributed by atoms with Crippen molar-refractivity contribution in [2.24, 2.45) is 0 Å². The van der Waals surface area contributed by atoms with E-state index in [1.807, 2.05) is 59.2 Å². The molecule has 8 heteroatoms. The summed E-state index contributed by atoms with van der Waals surface area (Å²) in [7, 11) is 1.60. The van der Waals surface area contributed by atoms with Gasteiger partial charge in [0.25, 0.3) is 0 Å². The number of carbonyl (C=O) groups is 1. The highest BCUT2D eigenvalue weighted by atomic mass is 32.2. The Morgan fingerprint density at radius 3 is 2.60 bits per heavy atom. The van der Waals surface area contributed by atoms with Gasteiger partial charge >= 0.3 is 0 Å². The number of nitrogens with zero attached hydrogens (tertiary/aromatic N) is 3. The number of amides is 1. The van der Waals surface area contributed by atoms with E-state index in [2.05, 4.69) is 22.1 Å². The third-order valence-corrected chi connectivity index (χ3v) is 5.16. The lowest BCUT2D eigenvalue weighted by molar-refractivity contribution is -0.118. The van der Waals surface area contributed by atoms with Gasteiger partial charge in [0.05, 0.1) is 12.9 Å². The molecule has 0 saturated carbocycles. The van der Waals surface area contributed by atoms with E-state index < -0.39 is 0 Å². The van der Waals surface area contributed by atoms with Crippen molar-refractivity contribution in [1.29, 1.82) is 0 Å². The number of aromatic nitrogens is 3. The smallest absolute Gasteiger partial charge is 0.230 e. The lowest BCUT2D eigenvalue weighted by Gasteiger charge is -2.11. The van der Waals surface area contributed by atoms with Gasteiger partial charge in [-0.1, -0.05) is 60.3 Å². The summed E-state index contributed by atoms with van der Waals surface area (Å²) in [4.78, 5) is 12.2. The summed E-state index contributed by atoms with van der Waals surface area (Å²) < 4.78 is 13.0. The molecular formula is C22H24N4O3S. The predicted octanol–water partition coefficient (Wildman–Crippen LogP) is 3.46. The second kappa shape index (κ2) is 11.1. The van der Waals surface area contributed by atoms with Crippen LogP contribution in [0.15, 0.2) is 72.4 Å². The molecule has 0 aliphatic rings. The Morgan fingerprint density at radius 1 is 1.13 bits per heavy atom. The highest BCUT2D eigenvalue weighted by molar-refractivity contribution is 7.99. The zero-order chi connectivity index (χ0) is 21.2. The van der Waals surface area contributed by atoms with Gasteiger partial charge in [0.1, 0.15) is 6.61 Å². The second-order valence-corrected chi connectivity index (χ2v) is 7.23. The predicted molar refractivity (Wildman–Crippen MR) is 117 cm³/mol. The average molecular weight is 425 g/mol. The lowest BCUT2D eigenvalue weighted by Crippen LogP contribution is -2.24. The van der Waals surface area contributed by atoms with Crippen LogP contribution in [-0.2, 0) is 24.5 Å². The molecule has 0 radical (unpaired) electrons. The van der Waals surface area contributed by atoms with Crippen molar-refractivity contribution in [2.45, 2.75) is 24.9 Å². The molecule has 0 atom stereocenters.